The van der Waals surface area contributed by atoms with Crippen LogP contribution >= 0.6 is 0 Å². The number of ether oxygens (including phenoxy) is 1. The number of methoxy groups -OCH3 is 1. The summed E-state index contributed by atoms with van der Waals surface area (Å²) in [5.41, 5.74) is 8.50. The van der Waals surface area contributed by atoms with E-state index in [2.05, 4.69) is 34.8 Å². The second kappa shape index (κ2) is 5.56. The number of carbonyl (C=O) groups excluding carboxylic acids is 1. The topological polar surface area (TPSA) is 70.1 Å². The maximum atomic E-state index is 11.4. The van der Waals surface area contributed by atoms with Crippen LogP contribution in [0.5, 0.6) is 0 Å². The highest BCUT2D eigenvalue weighted by atomic mass is 16.5. The van der Waals surface area contributed by atoms with Crippen LogP contribution in [0.15, 0.2) is 30.6 Å². The average Bonchev–Trinajstić information content (AvgIpc) is 2.77. The first kappa shape index (κ1) is 13.1. The number of aryl methyl sites for hydroxylation is 3. The number of nitrogen functional groups attached to an aromatic ring is 1. The molecule has 0 saturated heterocycles. The van der Waals surface area contributed by atoms with Crippen molar-refractivity contribution in [1.82, 2.24) is 9.55 Å². The van der Waals surface area contributed by atoms with Crippen LogP contribution in [0.4, 0.5) is 5.82 Å². The molecule has 0 fully saturated rings. The minimum atomic E-state index is -0.508. The summed E-state index contributed by atoms with van der Waals surface area (Å²) >= 11 is 0. The van der Waals surface area contributed by atoms with E-state index in [-0.39, 0.29) is 5.69 Å². The predicted molar refractivity (Wildman–Crippen MR) is 72.9 cm³/mol. The van der Waals surface area contributed by atoms with Gasteiger partial charge in [0.05, 0.1) is 13.4 Å². The maximum Gasteiger partial charge on any atom is 0.360 e. The van der Waals surface area contributed by atoms with Crippen molar-refractivity contribution in [2.75, 3.05) is 12.8 Å². The molecular weight excluding hydrogens is 242 g/mol. The molecule has 5 heteroatoms. The van der Waals surface area contributed by atoms with Crippen molar-refractivity contribution in [3.8, 4) is 0 Å². The fourth-order valence-electron chi connectivity index (χ4n) is 1.94. The third kappa shape index (κ3) is 2.93. The Bertz CT molecular complexity index is 590. The summed E-state index contributed by atoms with van der Waals surface area (Å²) in [6, 6.07) is 8.29. The van der Waals surface area contributed by atoms with Crippen LogP contribution in [-0.4, -0.2) is 22.6 Å². The van der Waals surface area contributed by atoms with E-state index in [0.717, 1.165) is 6.42 Å². The standard InChI is InChI=1S/C14H17N3O2/c1-10-4-3-5-11(8-10)6-7-17-9-16-12(13(17)15)14(18)19-2/h3-5,8-9H,6-7,15H2,1-2H3. The average molecular weight is 259 g/mol. The number of hydrogen-bond acceptors (Lipinski definition) is 4. The Hall–Kier alpha value is -2.30. The molecule has 0 unspecified atom stereocenters. The molecule has 0 amide bonds. The van der Waals surface area contributed by atoms with Crippen LogP contribution in [0.3, 0.4) is 0 Å². The first-order valence-corrected chi connectivity index (χ1v) is 6.06. The molecule has 0 aliphatic carbocycles. The van der Waals surface area contributed by atoms with Crippen molar-refractivity contribution in [3.63, 3.8) is 0 Å². The van der Waals surface area contributed by atoms with Crippen LogP contribution in [-0.2, 0) is 17.7 Å². The van der Waals surface area contributed by atoms with Gasteiger partial charge >= 0.3 is 5.97 Å². The van der Waals surface area contributed by atoms with Crippen molar-refractivity contribution in [1.29, 1.82) is 0 Å². The predicted octanol–water partition coefficient (Wildman–Crippen LogP) is 1.80. The normalized spacial score (nSPS) is 10.4. The largest absolute Gasteiger partial charge is 0.464 e. The zero-order chi connectivity index (χ0) is 13.8. The maximum absolute atomic E-state index is 11.4. The van der Waals surface area contributed by atoms with Gasteiger partial charge in [-0.3, -0.25) is 0 Å². The van der Waals surface area contributed by atoms with E-state index in [1.165, 1.54) is 18.2 Å². The molecule has 0 atom stereocenters. The van der Waals surface area contributed by atoms with E-state index >= 15 is 0 Å². The zero-order valence-corrected chi connectivity index (χ0v) is 11.1. The summed E-state index contributed by atoms with van der Waals surface area (Å²) in [4.78, 5) is 15.4. The Labute approximate surface area is 112 Å². The highest BCUT2D eigenvalue weighted by molar-refractivity contribution is 5.92. The third-order valence-electron chi connectivity index (χ3n) is 2.98. The van der Waals surface area contributed by atoms with E-state index in [9.17, 15) is 4.79 Å². The van der Waals surface area contributed by atoms with Crippen LogP contribution in [0.25, 0.3) is 0 Å². The summed E-state index contributed by atoms with van der Waals surface area (Å²) in [6.07, 6.45) is 2.40. The molecule has 100 valence electrons. The molecular formula is C14H17N3O2. The Morgan fingerprint density at radius 2 is 2.26 bits per heavy atom. The smallest absolute Gasteiger partial charge is 0.360 e. The lowest BCUT2D eigenvalue weighted by Crippen LogP contribution is -2.09. The lowest BCUT2D eigenvalue weighted by Gasteiger charge is -2.06. The second-order valence-corrected chi connectivity index (χ2v) is 4.40. The lowest BCUT2D eigenvalue weighted by molar-refractivity contribution is 0.0596. The molecule has 5 nitrogen and oxygen atoms in total. The van der Waals surface area contributed by atoms with Gasteiger partial charge in [0.2, 0.25) is 0 Å². The SMILES string of the molecule is COC(=O)c1ncn(CCc2cccc(C)c2)c1N. The first-order chi connectivity index (χ1) is 9.11. The fourth-order valence-corrected chi connectivity index (χ4v) is 1.94. The van der Waals surface area contributed by atoms with Gasteiger partial charge in [-0.1, -0.05) is 29.8 Å². The third-order valence-corrected chi connectivity index (χ3v) is 2.98. The summed E-state index contributed by atoms with van der Waals surface area (Å²) in [5, 5.41) is 0. The first-order valence-electron chi connectivity index (χ1n) is 6.06. The summed E-state index contributed by atoms with van der Waals surface area (Å²) in [7, 11) is 1.31. The van der Waals surface area contributed by atoms with E-state index in [1.807, 2.05) is 6.07 Å². The van der Waals surface area contributed by atoms with E-state index in [1.54, 1.807) is 10.9 Å². The molecule has 1 heterocycles. The molecule has 0 radical (unpaired) electrons. The number of anilines is 1. The Balaban J connectivity index is 2.08. The Kier molecular flexibility index (Phi) is 3.85. The van der Waals surface area contributed by atoms with Gasteiger partial charge in [-0.15, -0.1) is 0 Å². The number of benzene rings is 1. The molecule has 0 aliphatic rings. The zero-order valence-electron chi connectivity index (χ0n) is 11.1. The number of nitrogens with two attached hydrogens (primary N) is 1. The van der Waals surface area contributed by atoms with Gasteiger partial charge in [-0.05, 0) is 18.9 Å². The van der Waals surface area contributed by atoms with E-state index < -0.39 is 5.97 Å². The van der Waals surface area contributed by atoms with Gasteiger partial charge < -0.3 is 15.0 Å². The van der Waals surface area contributed by atoms with Crippen molar-refractivity contribution in [2.24, 2.45) is 0 Å². The van der Waals surface area contributed by atoms with Crippen molar-refractivity contribution >= 4 is 11.8 Å². The molecule has 1 aromatic heterocycles. The Morgan fingerprint density at radius 1 is 1.47 bits per heavy atom. The molecule has 0 saturated carbocycles. The summed E-state index contributed by atoms with van der Waals surface area (Å²) in [6.45, 7) is 2.74. The molecule has 0 aliphatic heterocycles. The van der Waals surface area contributed by atoms with Crippen molar-refractivity contribution in [2.45, 2.75) is 19.9 Å². The highest BCUT2D eigenvalue weighted by Gasteiger charge is 2.15. The quantitative estimate of drug-likeness (QED) is 0.850. The van der Waals surface area contributed by atoms with Gasteiger partial charge in [-0.2, -0.15) is 0 Å². The summed E-state index contributed by atoms with van der Waals surface area (Å²) in [5.74, 6) is -0.161. The van der Waals surface area contributed by atoms with Crippen LogP contribution in [0, 0.1) is 6.92 Å². The summed E-state index contributed by atoms with van der Waals surface area (Å²) < 4.78 is 6.37. The molecule has 2 N–H and O–H groups in total. The van der Waals surface area contributed by atoms with Crippen molar-refractivity contribution in [3.05, 3.63) is 47.4 Å². The number of hydrogen-bond donors (Lipinski definition) is 1. The second-order valence-electron chi connectivity index (χ2n) is 4.40. The molecule has 1 aromatic carbocycles. The van der Waals surface area contributed by atoms with E-state index in [4.69, 9.17) is 5.73 Å². The molecule has 0 bridgehead atoms. The number of aromatic nitrogens is 2. The van der Waals surface area contributed by atoms with E-state index in [0.29, 0.717) is 12.4 Å². The van der Waals surface area contributed by atoms with Crippen LogP contribution in [0.2, 0.25) is 0 Å². The van der Waals surface area contributed by atoms with Crippen LogP contribution in [0.1, 0.15) is 21.6 Å². The molecule has 19 heavy (non-hydrogen) atoms. The number of carbonyl (C=O) groups is 1. The van der Waals surface area contributed by atoms with Gasteiger partial charge in [0, 0.05) is 6.54 Å². The van der Waals surface area contributed by atoms with Gasteiger partial charge in [0.1, 0.15) is 5.82 Å². The molecule has 2 aromatic rings. The van der Waals surface area contributed by atoms with Gasteiger partial charge in [0.25, 0.3) is 0 Å². The lowest BCUT2D eigenvalue weighted by atomic mass is 10.1. The number of imidazole rings is 1. The van der Waals surface area contributed by atoms with Crippen LogP contribution < -0.4 is 5.73 Å². The number of rotatable bonds is 4. The van der Waals surface area contributed by atoms with Crippen molar-refractivity contribution < 1.29 is 9.53 Å². The minimum Gasteiger partial charge on any atom is -0.464 e. The number of nitrogens with zero attached hydrogens (tertiary/aromatic N) is 2. The van der Waals surface area contributed by atoms with Gasteiger partial charge in [-0.25, -0.2) is 9.78 Å². The fraction of sp³-hybridized carbons (Fsp3) is 0.286. The molecule has 2 rings (SSSR count). The molecule has 0 spiro atoms. The monoisotopic (exact) mass is 259 g/mol. The highest BCUT2D eigenvalue weighted by Crippen LogP contribution is 2.13. The number of esters is 1. The van der Waals surface area contributed by atoms with Gasteiger partial charge in [0.15, 0.2) is 5.69 Å². The Morgan fingerprint density at radius 3 is 2.95 bits per heavy atom. The minimum absolute atomic E-state index is 0.173.